The molecule has 0 saturated heterocycles. The molecule has 0 aliphatic heterocycles. The topological polar surface area (TPSA) is 206 Å². The third-order valence-corrected chi connectivity index (χ3v) is 0. The molecule has 0 rings (SSSR count). The smallest absolute Gasteiger partial charge is 0.550 e. The maximum absolute atomic E-state index is 8.89. The summed E-state index contributed by atoms with van der Waals surface area (Å²) in [6.45, 7) is 1.94. The fourth-order valence-electron chi connectivity index (χ4n) is 0. The number of carbonyl (C=O) groups excluding carboxylic acids is 2. The van der Waals surface area contributed by atoms with Gasteiger partial charge in [-0.2, -0.15) is 0 Å². The summed E-state index contributed by atoms with van der Waals surface area (Å²) in [4.78, 5) is 17.8. The van der Waals surface area contributed by atoms with Crippen LogP contribution in [0, 0.1) is 0 Å². The molecule has 80 valence electrons. The van der Waals surface area contributed by atoms with Gasteiger partial charge < -0.3 is 41.7 Å². The van der Waals surface area contributed by atoms with Gasteiger partial charge in [-0.15, -0.1) is 0 Å². The van der Waals surface area contributed by atoms with Crippen LogP contribution in [0.2, 0.25) is 0 Å². The largest absolute Gasteiger partial charge is 3.00 e. The predicted molar refractivity (Wildman–Crippen MR) is 35.8 cm³/mol. The van der Waals surface area contributed by atoms with Gasteiger partial charge in [-0.3, -0.25) is 0 Å². The van der Waals surface area contributed by atoms with E-state index in [4.69, 9.17) is 19.8 Å². The Morgan fingerprint density at radius 3 is 0.714 bits per heavy atom. The summed E-state index contributed by atoms with van der Waals surface area (Å²) in [6.07, 6.45) is 0. The van der Waals surface area contributed by atoms with Crippen molar-refractivity contribution < 1.29 is 107 Å². The van der Waals surface area contributed by atoms with Crippen molar-refractivity contribution in [1.82, 2.24) is 0 Å². The molecule has 0 aromatic carbocycles. The number of rotatable bonds is 0. The number of carboxylic acid groups (broad SMARTS) is 2. The van der Waals surface area contributed by atoms with Crippen LogP contribution in [-0.4, -0.2) is 33.8 Å². The van der Waals surface area contributed by atoms with Crippen molar-refractivity contribution in [2.75, 3.05) is 0 Å². The maximum Gasteiger partial charge on any atom is 3.00 e. The molecule has 0 spiro atoms. The summed E-state index contributed by atoms with van der Waals surface area (Å²) in [5.41, 5.74) is 0. The standard InChI is InChI=1S/2C2H4O2.4H2O.2Y/c2*1-2(3)4;;;;;;/h2*1H3,(H,3,4);4*1H2;;/q;;;;;;2*+3/p-2. The minimum Gasteiger partial charge on any atom is -0.550 e. The first-order valence-electron chi connectivity index (χ1n) is 1.82. The molecule has 0 saturated carbocycles. The van der Waals surface area contributed by atoms with E-state index in [9.17, 15) is 0 Å². The predicted octanol–water partition coefficient (Wildman–Crippen LogP) is -5.79. The molecule has 8 nitrogen and oxygen atoms in total. The molecule has 0 heterocycles. The van der Waals surface area contributed by atoms with E-state index in [0.717, 1.165) is 13.8 Å². The summed E-state index contributed by atoms with van der Waals surface area (Å²) >= 11 is 0. The Bertz CT molecular complexity index is 77.3. The molecule has 8 N–H and O–H groups in total. The van der Waals surface area contributed by atoms with Crippen molar-refractivity contribution in [2.45, 2.75) is 13.8 Å². The van der Waals surface area contributed by atoms with Crippen LogP contribution in [0.5, 0.6) is 0 Å². The molecule has 0 amide bonds. The number of hydrogen-bond donors (Lipinski definition) is 0. The minimum absolute atomic E-state index is 0. The first-order chi connectivity index (χ1) is 3.46. The Hall–Kier alpha value is 0.988. The Kier molecular flexibility index (Phi) is 207. The minimum atomic E-state index is -1.08. The second kappa shape index (κ2) is 48.3. The van der Waals surface area contributed by atoms with Crippen molar-refractivity contribution in [3.05, 3.63) is 0 Å². The zero-order valence-electron chi connectivity index (χ0n) is 7.79. The monoisotopic (exact) mass is 368 g/mol. The third kappa shape index (κ3) is 1910. The average Bonchev–Trinajstić information content (AvgIpc) is 1.25. The summed E-state index contributed by atoms with van der Waals surface area (Å²) in [6, 6.07) is 0. The molecule has 0 fully saturated rings. The molecular weight excluding hydrogens is 354 g/mol. The Balaban J connectivity index is -0.00000000600. The normalized spacial score (nSPS) is 3.57. The molecule has 0 aliphatic rings. The summed E-state index contributed by atoms with van der Waals surface area (Å²) in [7, 11) is 0. The van der Waals surface area contributed by atoms with Crippen molar-refractivity contribution in [2.24, 2.45) is 0 Å². The van der Waals surface area contributed by atoms with E-state index < -0.39 is 11.9 Å². The molecule has 0 radical (unpaired) electrons. The molecule has 0 unspecified atom stereocenters. The summed E-state index contributed by atoms with van der Waals surface area (Å²) in [5, 5.41) is 17.8. The van der Waals surface area contributed by atoms with Crippen LogP contribution < -0.4 is 10.2 Å². The molecule has 0 aliphatic carbocycles. The Morgan fingerprint density at radius 1 is 0.714 bits per heavy atom. The second-order valence-electron chi connectivity index (χ2n) is 0.983. The molecule has 0 bridgehead atoms. The number of carboxylic acids is 2. The van der Waals surface area contributed by atoms with E-state index in [1.807, 2.05) is 0 Å². The van der Waals surface area contributed by atoms with E-state index in [1.54, 1.807) is 0 Å². The average molecular weight is 368 g/mol. The van der Waals surface area contributed by atoms with Crippen LogP contribution in [0.25, 0.3) is 0 Å². The fourth-order valence-corrected chi connectivity index (χ4v) is 0. The van der Waals surface area contributed by atoms with Crippen LogP contribution >= 0.6 is 0 Å². The third-order valence-electron chi connectivity index (χ3n) is 0. The van der Waals surface area contributed by atoms with Crippen LogP contribution in [-0.2, 0) is 75.0 Å². The maximum atomic E-state index is 8.89. The first-order valence-corrected chi connectivity index (χ1v) is 1.82. The van der Waals surface area contributed by atoms with Gasteiger partial charge in [0, 0.05) is 11.9 Å². The van der Waals surface area contributed by atoms with Crippen molar-refractivity contribution in [3.63, 3.8) is 0 Å². The fraction of sp³-hybridized carbons (Fsp3) is 0.500. The summed E-state index contributed by atoms with van der Waals surface area (Å²) < 4.78 is 0. The molecular formula is C4H14O8Y2+4. The SMILES string of the molecule is CC(=O)[O-].CC(=O)[O-].O.O.O.O.[Y+3].[Y+3]. The summed E-state index contributed by atoms with van der Waals surface area (Å²) in [5.74, 6) is -2.17. The van der Waals surface area contributed by atoms with Gasteiger partial charge in [-0.05, 0) is 13.8 Å². The molecule has 0 aromatic rings. The Labute approximate surface area is 131 Å². The van der Waals surface area contributed by atoms with E-state index >= 15 is 0 Å². The van der Waals surface area contributed by atoms with E-state index in [-0.39, 0.29) is 87.3 Å². The van der Waals surface area contributed by atoms with Gasteiger partial charge in [0.15, 0.2) is 0 Å². The van der Waals surface area contributed by atoms with Crippen molar-refractivity contribution in [3.8, 4) is 0 Å². The second-order valence-corrected chi connectivity index (χ2v) is 0.983. The van der Waals surface area contributed by atoms with Gasteiger partial charge in [0.25, 0.3) is 0 Å². The quantitative estimate of drug-likeness (QED) is 0.409. The molecule has 0 aromatic heterocycles. The van der Waals surface area contributed by atoms with Gasteiger partial charge in [0.2, 0.25) is 0 Å². The van der Waals surface area contributed by atoms with Crippen LogP contribution in [0.1, 0.15) is 13.8 Å². The number of hydrogen-bond acceptors (Lipinski definition) is 4. The van der Waals surface area contributed by atoms with Crippen LogP contribution in [0.4, 0.5) is 0 Å². The Morgan fingerprint density at radius 2 is 0.714 bits per heavy atom. The van der Waals surface area contributed by atoms with Crippen LogP contribution in [0.3, 0.4) is 0 Å². The number of aliphatic carboxylic acids is 2. The zero-order valence-corrected chi connectivity index (χ0v) is 13.5. The van der Waals surface area contributed by atoms with Gasteiger partial charge in [0.1, 0.15) is 0 Å². The van der Waals surface area contributed by atoms with Crippen LogP contribution in [0.15, 0.2) is 0 Å². The van der Waals surface area contributed by atoms with Crippen molar-refractivity contribution in [1.29, 1.82) is 0 Å². The van der Waals surface area contributed by atoms with Gasteiger partial charge in [0.05, 0.1) is 0 Å². The van der Waals surface area contributed by atoms with Gasteiger partial charge >= 0.3 is 65.4 Å². The van der Waals surface area contributed by atoms with Gasteiger partial charge in [-0.1, -0.05) is 0 Å². The molecule has 0 atom stereocenters. The van der Waals surface area contributed by atoms with E-state index in [2.05, 4.69) is 0 Å². The van der Waals surface area contributed by atoms with E-state index in [0.29, 0.717) is 0 Å². The van der Waals surface area contributed by atoms with Crippen molar-refractivity contribution >= 4 is 11.9 Å². The zero-order chi connectivity index (χ0) is 7.15. The number of carbonyl (C=O) groups is 2. The molecule has 14 heavy (non-hydrogen) atoms. The molecule has 10 heteroatoms. The first kappa shape index (κ1) is 60.1. The van der Waals surface area contributed by atoms with Gasteiger partial charge in [-0.25, -0.2) is 0 Å². The van der Waals surface area contributed by atoms with E-state index in [1.165, 1.54) is 0 Å².